The van der Waals surface area contributed by atoms with Gasteiger partial charge >= 0.3 is 0 Å². The van der Waals surface area contributed by atoms with Crippen molar-refractivity contribution in [2.45, 2.75) is 0 Å². The van der Waals surface area contributed by atoms with Crippen LogP contribution in [0.1, 0.15) is 0 Å². The number of hydrogen-bond donors (Lipinski definition) is 0. The Morgan fingerprint density at radius 3 is 1.82 bits per heavy atom. The zero-order valence-electron chi connectivity index (χ0n) is 21.6. The lowest BCUT2D eigenvalue weighted by molar-refractivity contribution is 1.20. The van der Waals surface area contributed by atoms with Crippen LogP contribution in [-0.4, -0.2) is 8.97 Å². The number of para-hydroxylation sites is 3. The predicted molar refractivity (Wildman–Crippen MR) is 170 cm³/mol. The van der Waals surface area contributed by atoms with Crippen LogP contribution in [0.25, 0.3) is 87.1 Å². The van der Waals surface area contributed by atoms with Crippen molar-refractivity contribution in [3.05, 3.63) is 133 Å². The second-order valence-corrected chi connectivity index (χ2v) is 11.0. The Hall–Kier alpha value is -5.34. The smallest absolute Gasteiger partial charge is 0.0655 e. The Morgan fingerprint density at radius 1 is 0.350 bits per heavy atom. The van der Waals surface area contributed by atoms with Crippen molar-refractivity contribution in [1.82, 2.24) is 8.97 Å². The fraction of sp³-hybridized carbons (Fsp3) is 0. The van der Waals surface area contributed by atoms with Crippen LogP contribution in [0.4, 0.5) is 0 Å². The summed E-state index contributed by atoms with van der Waals surface area (Å²) in [5, 5.41) is 13.0. The van der Waals surface area contributed by atoms with E-state index in [1.807, 2.05) is 0 Å². The molecule has 0 spiro atoms. The van der Waals surface area contributed by atoms with Crippen LogP contribution < -0.4 is 0 Å². The van der Waals surface area contributed by atoms with Gasteiger partial charge in [0.05, 0.1) is 33.3 Å². The first kappa shape index (κ1) is 20.6. The lowest BCUT2D eigenvalue weighted by Crippen LogP contribution is -1.98. The number of nitrogens with zero attached hydrogens (tertiary/aromatic N) is 2. The van der Waals surface area contributed by atoms with Crippen molar-refractivity contribution >= 4 is 81.4 Å². The lowest BCUT2D eigenvalue weighted by Gasteiger charge is -2.17. The standard InChI is InChI=1S/C38H22N2/c1-4-13-30-26(8-1)22-34-37-27-11-2-5-14-31(27)40(38(37)29-12-3-6-15-32(29)39(30)34)33-21-19-25-17-16-23-9-7-10-24-18-20-28(33)36(25)35(23)24/h1-22H. The highest BCUT2D eigenvalue weighted by molar-refractivity contribution is 6.28. The van der Waals surface area contributed by atoms with Crippen molar-refractivity contribution in [1.29, 1.82) is 0 Å². The summed E-state index contributed by atoms with van der Waals surface area (Å²) in [5.41, 5.74) is 7.45. The van der Waals surface area contributed by atoms with E-state index in [2.05, 4.69) is 142 Å². The maximum atomic E-state index is 2.52. The van der Waals surface area contributed by atoms with Gasteiger partial charge in [-0.15, -0.1) is 0 Å². The van der Waals surface area contributed by atoms with Crippen molar-refractivity contribution < 1.29 is 0 Å². The Balaban J connectivity index is 1.50. The minimum Gasteiger partial charge on any atom is -0.308 e. The molecule has 0 aliphatic heterocycles. The summed E-state index contributed by atoms with van der Waals surface area (Å²) in [7, 11) is 0. The summed E-state index contributed by atoms with van der Waals surface area (Å²) in [6, 6.07) is 49.3. The summed E-state index contributed by atoms with van der Waals surface area (Å²) in [5.74, 6) is 0. The van der Waals surface area contributed by atoms with Crippen LogP contribution in [0.3, 0.4) is 0 Å². The van der Waals surface area contributed by atoms with Crippen molar-refractivity contribution in [2.24, 2.45) is 0 Å². The van der Waals surface area contributed by atoms with Crippen molar-refractivity contribution in [3.63, 3.8) is 0 Å². The highest BCUT2D eigenvalue weighted by atomic mass is 15.0. The van der Waals surface area contributed by atoms with Gasteiger partial charge in [-0.3, -0.25) is 0 Å². The van der Waals surface area contributed by atoms with E-state index in [1.165, 1.54) is 87.1 Å². The molecular formula is C38H22N2. The maximum absolute atomic E-state index is 2.52. The van der Waals surface area contributed by atoms with Crippen LogP contribution in [0.15, 0.2) is 133 Å². The molecule has 0 amide bonds. The average Bonchev–Trinajstić information content (AvgIpc) is 3.57. The van der Waals surface area contributed by atoms with Gasteiger partial charge in [0.15, 0.2) is 0 Å². The number of hydrogen-bond acceptors (Lipinski definition) is 0. The fourth-order valence-corrected chi connectivity index (χ4v) is 7.39. The summed E-state index contributed by atoms with van der Waals surface area (Å²) in [6.07, 6.45) is 0. The number of rotatable bonds is 1. The van der Waals surface area contributed by atoms with E-state index in [0.717, 1.165) is 0 Å². The third-order valence-corrected chi connectivity index (χ3v) is 8.99. The van der Waals surface area contributed by atoms with Crippen molar-refractivity contribution in [2.75, 3.05) is 0 Å². The quantitative estimate of drug-likeness (QED) is 0.196. The molecule has 10 rings (SSSR count). The third kappa shape index (κ3) is 2.41. The molecular weight excluding hydrogens is 484 g/mol. The molecule has 3 heterocycles. The van der Waals surface area contributed by atoms with Crippen LogP contribution in [0.2, 0.25) is 0 Å². The van der Waals surface area contributed by atoms with Gasteiger partial charge in [-0.2, -0.15) is 0 Å². The molecule has 0 unspecified atom stereocenters. The zero-order valence-corrected chi connectivity index (χ0v) is 21.6. The molecule has 2 nitrogen and oxygen atoms in total. The van der Waals surface area contributed by atoms with Crippen LogP contribution in [0, 0.1) is 0 Å². The van der Waals surface area contributed by atoms with Gasteiger partial charge in [0.1, 0.15) is 0 Å². The predicted octanol–water partition coefficient (Wildman–Crippen LogP) is 10.2. The minimum atomic E-state index is 1.22. The molecule has 0 N–H and O–H groups in total. The second-order valence-electron chi connectivity index (χ2n) is 11.0. The first-order chi connectivity index (χ1) is 19.9. The molecule has 0 saturated carbocycles. The van der Waals surface area contributed by atoms with Crippen molar-refractivity contribution in [3.8, 4) is 5.69 Å². The van der Waals surface area contributed by atoms with Gasteiger partial charge in [-0.25, -0.2) is 0 Å². The summed E-state index contributed by atoms with van der Waals surface area (Å²) >= 11 is 0. The zero-order chi connectivity index (χ0) is 25.9. The molecule has 40 heavy (non-hydrogen) atoms. The summed E-state index contributed by atoms with van der Waals surface area (Å²) in [4.78, 5) is 0. The molecule has 0 saturated heterocycles. The van der Waals surface area contributed by atoms with Gasteiger partial charge in [-0.1, -0.05) is 103 Å². The van der Waals surface area contributed by atoms with E-state index >= 15 is 0 Å². The van der Waals surface area contributed by atoms with E-state index < -0.39 is 0 Å². The monoisotopic (exact) mass is 506 g/mol. The van der Waals surface area contributed by atoms with Gasteiger partial charge in [-0.05, 0) is 57.3 Å². The maximum Gasteiger partial charge on any atom is 0.0655 e. The fourth-order valence-electron chi connectivity index (χ4n) is 7.39. The van der Waals surface area contributed by atoms with Gasteiger partial charge in [0.25, 0.3) is 0 Å². The second kappa shape index (κ2) is 7.19. The number of pyridine rings is 1. The molecule has 0 radical (unpaired) electrons. The molecule has 7 aromatic carbocycles. The number of benzene rings is 7. The number of aromatic nitrogens is 2. The average molecular weight is 507 g/mol. The normalized spacial score (nSPS) is 12.5. The molecule has 184 valence electrons. The molecule has 0 aliphatic carbocycles. The lowest BCUT2D eigenvalue weighted by atomic mass is 9.93. The minimum absolute atomic E-state index is 1.22. The van der Waals surface area contributed by atoms with E-state index in [4.69, 9.17) is 0 Å². The Kier molecular flexibility index (Phi) is 3.70. The highest BCUT2D eigenvalue weighted by Crippen LogP contribution is 2.44. The first-order valence-electron chi connectivity index (χ1n) is 13.9. The molecule has 0 bridgehead atoms. The molecule has 0 fully saturated rings. The first-order valence-corrected chi connectivity index (χ1v) is 13.9. The highest BCUT2D eigenvalue weighted by Gasteiger charge is 2.22. The molecule has 3 aromatic heterocycles. The van der Waals surface area contributed by atoms with E-state index in [9.17, 15) is 0 Å². The SMILES string of the molecule is c1cc2ccc3ccc(-n4c5ccccc5c5c4c4ccccc4n4c6ccccc6cc54)c4ccc(c1)c2c34. The van der Waals surface area contributed by atoms with E-state index in [1.54, 1.807) is 0 Å². The summed E-state index contributed by atoms with van der Waals surface area (Å²) in [6.45, 7) is 0. The Bertz CT molecular complexity index is 2630. The molecule has 10 aromatic rings. The largest absolute Gasteiger partial charge is 0.308 e. The van der Waals surface area contributed by atoms with Gasteiger partial charge in [0, 0.05) is 26.9 Å². The van der Waals surface area contributed by atoms with Crippen LogP contribution >= 0.6 is 0 Å². The number of fused-ring (bicyclic) bond motifs is 10. The van der Waals surface area contributed by atoms with E-state index in [-0.39, 0.29) is 0 Å². The van der Waals surface area contributed by atoms with Gasteiger partial charge in [0.2, 0.25) is 0 Å². The Morgan fingerprint density at radius 2 is 0.975 bits per heavy atom. The van der Waals surface area contributed by atoms with E-state index in [0.29, 0.717) is 0 Å². The van der Waals surface area contributed by atoms with Crippen LogP contribution in [-0.2, 0) is 0 Å². The summed E-state index contributed by atoms with van der Waals surface area (Å²) < 4.78 is 4.98. The molecule has 2 heteroatoms. The van der Waals surface area contributed by atoms with Gasteiger partial charge < -0.3 is 8.97 Å². The topological polar surface area (TPSA) is 9.34 Å². The third-order valence-electron chi connectivity index (χ3n) is 8.99. The Labute approximate surface area is 229 Å². The van der Waals surface area contributed by atoms with Crippen LogP contribution in [0.5, 0.6) is 0 Å². The molecule has 0 atom stereocenters. The molecule has 0 aliphatic rings.